The van der Waals surface area contributed by atoms with Gasteiger partial charge in [0.1, 0.15) is 0 Å². The van der Waals surface area contributed by atoms with Crippen LogP contribution in [0, 0.1) is 0 Å². The van der Waals surface area contributed by atoms with Gasteiger partial charge in [-0.3, -0.25) is 4.79 Å². The molecule has 0 aliphatic carbocycles. The van der Waals surface area contributed by atoms with Gasteiger partial charge >= 0.3 is 0 Å². The summed E-state index contributed by atoms with van der Waals surface area (Å²) < 4.78 is 18.5. The van der Waals surface area contributed by atoms with Gasteiger partial charge in [0.25, 0.3) is 5.91 Å². The zero-order chi connectivity index (χ0) is 9.90. The molecule has 1 amide bonds. The average molecular weight is 189 g/mol. The van der Waals surface area contributed by atoms with Gasteiger partial charge in [0.05, 0.1) is 13.2 Å². The Balaban J connectivity index is 2.46. The fraction of sp³-hybridized carbons (Fsp3) is 0.889. The van der Waals surface area contributed by atoms with Gasteiger partial charge in [0.2, 0.25) is 5.67 Å². The Labute approximate surface area is 77.6 Å². The number of alkyl halides is 1. The highest BCUT2D eigenvalue weighted by Crippen LogP contribution is 2.23. The van der Waals surface area contributed by atoms with Crippen molar-refractivity contribution in [3.8, 4) is 0 Å². The van der Waals surface area contributed by atoms with Crippen LogP contribution in [0.15, 0.2) is 0 Å². The van der Waals surface area contributed by atoms with E-state index in [0.717, 1.165) is 6.42 Å². The van der Waals surface area contributed by atoms with E-state index in [0.29, 0.717) is 6.61 Å². The summed E-state index contributed by atoms with van der Waals surface area (Å²) in [5.41, 5.74) is -1.79. The minimum absolute atomic E-state index is 0.0284. The summed E-state index contributed by atoms with van der Waals surface area (Å²) >= 11 is 0. The van der Waals surface area contributed by atoms with Crippen LogP contribution in [-0.4, -0.2) is 30.8 Å². The van der Waals surface area contributed by atoms with Crippen molar-refractivity contribution in [1.82, 2.24) is 5.32 Å². The lowest BCUT2D eigenvalue weighted by atomic mass is 10.0. The van der Waals surface area contributed by atoms with Gasteiger partial charge in [-0.1, -0.05) is 6.92 Å². The van der Waals surface area contributed by atoms with Crippen molar-refractivity contribution >= 4 is 5.91 Å². The number of halogens is 1. The first kappa shape index (κ1) is 10.4. The summed E-state index contributed by atoms with van der Waals surface area (Å²) in [6.07, 6.45) is 0.984. The molecular formula is C9H16FNO2. The standard InChI is InChI=1S/C9H16FNO2/c1-3-7(2)11-8(12)9(10)4-5-13-6-9/h7H,3-6H2,1-2H3,(H,11,12). The van der Waals surface area contributed by atoms with Crippen molar-refractivity contribution in [1.29, 1.82) is 0 Å². The molecule has 2 atom stereocenters. The predicted octanol–water partition coefficient (Wildman–Crippen LogP) is 1.03. The Morgan fingerprint density at radius 2 is 2.46 bits per heavy atom. The minimum Gasteiger partial charge on any atom is -0.377 e. The number of carbonyl (C=O) groups excluding carboxylic acids is 1. The largest absolute Gasteiger partial charge is 0.377 e. The second-order valence-corrected chi connectivity index (χ2v) is 3.55. The smallest absolute Gasteiger partial charge is 0.260 e. The van der Waals surface area contributed by atoms with Crippen LogP contribution >= 0.6 is 0 Å². The maximum Gasteiger partial charge on any atom is 0.260 e. The van der Waals surface area contributed by atoms with Crippen molar-refractivity contribution < 1.29 is 13.9 Å². The van der Waals surface area contributed by atoms with Crippen LogP contribution in [0.3, 0.4) is 0 Å². The molecule has 1 aliphatic rings. The van der Waals surface area contributed by atoms with Crippen LogP contribution in [-0.2, 0) is 9.53 Å². The lowest BCUT2D eigenvalue weighted by molar-refractivity contribution is -0.133. The van der Waals surface area contributed by atoms with E-state index in [1.54, 1.807) is 0 Å². The second kappa shape index (κ2) is 4.05. The number of hydrogen-bond donors (Lipinski definition) is 1. The molecule has 0 saturated carbocycles. The lowest BCUT2D eigenvalue weighted by Gasteiger charge is -2.19. The number of rotatable bonds is 3. The highest BCUT2D eigenvalue weighted by molar-refractivity contribution is 5.85. The molecule has 1 rings (SSSR count). The SMILES string of the molecule is CCC(C)NC(=O)C1(F)CCOC1. The monoisotopic (exact) mass is 189 g/mol. The first-order valence-corrected chi connectivity index (χ1v) is 4.66. The van der Waals surface area contributed by atoms with E-state index in [4.69, 9.17) is 4.74 Å². The normalized spacial score (nSPS) is 30.1. The first-order valence-electron chi connectivity index (χ1n) is 4.66. The van der Waals surface area contributed by atoms with E-state index in [2.05, 4.69) is 5.32 Å². The molecule has 1 aliphatic heterocycles. The molecule has 0 spiro atoms. The van der Waals surface area contributed by atoms with Crippen LogP contribution in [0.1, 0.15) is 26.7 Å². The van der Waals surface area contributed by atoms with Gasteiger partial charge in [-0.2, -0.15) is 0 Å². The quantitative estimate of drug-likeness (QED) is 0.720. The summed E-state index contributed by atoms with van der Waals surface area (Å²) in [5, 5.41) is 2.62. The van der Waals surface area contributed by atoms with Crippen molar-refractivity contribution in [3.63, 3.8) is 0 Å². The van der Waals surface area contributed by atoms with Crippen LogP contribution in [0.25, 0.3) is 0 Å². The van der Waals surface area contributed by atoms with Crippen LogP contribution in [0.5, 0.6) is 0 Å². The zero-order valence-corrected chi connectivity index (χ0v) is 8.10. The molecular weight excluding hydrogens is 173 g/mol. The molecule has 4 heteroatoms. The van der Waals surface area contributed by atoms with Crippen molar-refractivity contribution in [3.05, 3.63) is 0 Å². The van der Waals surface area contributed by atoms with Gasteiger partial charge in [-0.25, -0.2) is 4.39 Å². The van der Waals surface area contributed by atoms with E-state index in [1.165, 1.54) is 0 Å². The minimum atomic E-state index is -1.79. The Morgan fingerprint density at radius 3 is 2.92 bits per heavy atom. The molecule has 3 nitrogen and oxygen atoms in total. The molecule has 1 N–H and O–H groups in total. The van der Waals surface area contributed by atoms with Gasteiger partial charge in [-0.15, -0.1) is 0 Å². The second-order valence-electron chi connectivity index (χ2n) is 3.55. The molecule has 1 fully saturated rings. The summed E-state index contributed by atoms with van der Waals surface area (Å²) in [4.78, 5) is 11.4. The maximum atomic E-state index is 13.7. The van der Waals surface area contributed by atoms with E-state index < -0.39 is 11.6 Å². The lowest BCUT2D eigenvalue weighted by Crippen LogP contribution is -2.47. The zero-order valence-electron chi connectivity index (χ0n) is 8.10. The molecule has 0 aromatic heterocycles. The number of carbonyl (C=O) groups is 1. The highest BCUT2D eigenvalue weighted by atomic mass is 19.1. The molecule has 13 heavy (non-hydrogen) atoms. The van der Waals surface area contributed by atoms with E-state index in [1.807, 2.05) is 13.8 Å². The van der Waals surface area contributed by atoms with Crippen molar-refractivity contribution in [2.75, 3.05) is 13.2 Å². The van der Waals surface area contributed by atoms with Crippen LogP contribution in [0.2, 0.25) is 0 Å². The molecule has 1 heterocycles. The topological polar surface area (TPSA) is 38.3 Å². The summed E-state index contributed by atoms with van der Waals surface area (Å²) in [6.45, 7) is 4.04. The Hall–Kier alpha value is -0.640. The van der Waals surface area contributed by atoms with Gasteiger partial charge in [0, 0.05) is 12.5 Å². The van der Waals surface area contributed by atoms with Crippen LogP contribution in [0.4, 0.5) is 4.39 Å². The maximum absolute atomic E-state index is 13.7. The third-order valence-electron chi connectivity index (χ3n) is 2.37. The predicted molar refractivity (Wildman–Crippen MR) is 47.2 cm³/mol. The molecule has 0 aromatic rings. The third-order valence-corrected chi connectivity index (χ3v) is 2.37. The van der Waals surface area contributed by atoms with Crippen molar-refractivity contribution in [2.45, 2.75) is 38.4 Å². The first-order chi connectivity index (χ1) is 6.08. The van der Waals surface area contributed by atoms with E-state index >= 15 is 0 Å². The van der Waals surface area contributed by atoms with Gasteiger partial charge in [-0.05, 0) is 13.3 Å². The van der Waals surface area contributed by atoms with E-state index in [9.17, 15) is 9.18 Å². The van der Waals surface area contributed by atoms with Crippen molar-refractivity contribution in [2.24, 2.45) is 0 Å². The third kappa shape index (κ3) is 2.40. The summed E-state index contributed by atoms with van der Waals surface area (Å²) in [6, 6.07) is 0.0284. The fourth-order valence-electron chi connectivity index (χ4n) is 1.17. The number of amides is 1. The Bertz CT molecular complexity index is 190. The average Bonchev–Trinajstić information content (AvgIpc) is 2.53. The van der Waals surface area contributed by atoms with Crippen LogP contribution < -0.4 is 5.32 Å². The van der Waals surface area contributed by atoms with Gasteiger partial charge in [0.15, 0.2) is 0 Å². The molecule has 1 saturated heterocycles. The van der Waals surface area contributed by atoms with Gasteiger partial charge < -0.3 is 10.1 Å². The van der Waals surface area contributed by atoms with E-state index in [-0.39, 0.29) is 19.1 Å². The fourth-order valence-corrected chi connectivity index (χ4v) is 1.17. The molecule has 2 unspecified atom stereocenters. The highest BCUT2D eigenvalue weighted by Gasteiger charge is 2.42. The molecule has 0 bridgehead atoms. The number of ether oxygens (including phenoxy) is 1. The Morgan fingerprint density at radius 1 is 1.77 bits per heavy atom. The Kier molecular flexibility index (Phi) is 3.25. The summed E-state index contributed by atoms with van der Waals surface area (Å²) in [5.74, 6) is -0.528. The number of nitrogens with one attached hydrogen (secondary N) is 1. The number of hydrogen-bond acceptors (Lipinski definition) is 2. The molecule has 0 radical (unpaired) electrons. The summed E-state index contributed by atoms with van der Waals surface area (Å²) in [7, 11) is 0. The molecule has 76 valence electrons. The molecule has 0 aromatic carbocycles.